The van der Waals surface area contributed by atoms with Crippen molar-refractivity contribution >= 4 is 38.9 Å². The largest absolute Gasteiger partial charge is 0.146 e. The molecule has 0 saturated heterocycles. The molecule has 12 heavy (non-hydrogen) atoms. The van der Waals surface area contributed by atoms with E-state index in [0.29, 0.717) is 0 Å². The van der Waals surface area contributed by atoms with Gasteiger partial charge in [0.05, 0.1) is 5.02 Å². The molecule has 0 unspecified atom stereocenters. The second-order valence-corrected chi connectivity index (χ2v) is 5.40. The average Bonchev–Trinajstić information content (AvgIpc) is 2.33. The molecule has 0 saturated carbocycles. The van der Waals surface area contributed by atoms with E-state index in [-0.39, 0.29) is 5.41 Å². The summed E-state index contributed by atoms with van der Waals surface area (Å²) >= 11 is 11.4. The van der Waals surface area contributed by atoms with Crippen LogP contribution in [-0.4, -0.2) is 5.33 Å². The molecule has 0 atom stereocenters. The Morgan fingerprint density at radius 1 is 1.58 bits per heavy atom. The van der Waals surface area contributed by atoms with Gasteiger partial charge in [-0.25, -0.2) is 0 Å². The number of alkyl halides is 1. The summed E-state index contributed by atoms with van der Waals surface area (Å²) in [4.78, 5) is 1.28. The number of hydrogen-bond donors (Lipinski definition) is 0. The van der Waals surface area contributed by atoms with Gasteiger partial charge in [-0.15, -0.1) is 11.3 Å². The fourth-order valence-electron chi connectivity index (χ4n) is 0.947. The molecule has 0 radical (unpaired) electrons. The zero-order valence-corrected chi connectivity index (χ0v) is 10.6. The van der Waals surface area contributed by atoms with Gasteiger partial charge in [0, 0.05) is 15.6 Å². The maximum absolute atomic E-state index is 6.16. The lowest BCUT2D eigenvalue weighted by molar-refractivity contribution is 0.621. The van der Waals surface area contributed by atoms with Crippen LogP contribution in [0.1, 0.15) is 24.3 Å². The molecular formula is C9H12BrClS. The van der Waals surface area contributed by atoms with Gasteiger partial charge in [-0.2, -0.15) is 0 Å². The average molecular weight is 268 g/mol. The molecule has 0 aromatic carbocycles. The van der Waals surface area contributed by atoms with E-state index in [1.165, 1.54) is 10.4 Å². The predicted octanol–water partition coefficient (Wildman–Crippen LogP) is 4.38. The van der Waals surface area contributed by atoms with Crippen molar-refractivity contribution in [3.63, 3.8) is 0 Å². The number of rotatable bonds is 2. The second-order valence-electron chi connectivity index (χ2n) is 3.58. The molecule has 3 heteroatoms. The number of halogens is 2. The van der Waals surface area contributed by atoms with E-state index in [1.54, 1.807) is 11.3 Å². The van der Waals surface area contributed by atoms with Crippen molar-refractivity contribution in [3.8, 4) is 0 Å². The lowest BCUT2D eigenvalue weighted by Crippen LogP contribution is -2.17. The van der Waals surface area contributed by atoms with E-state index in [1.807, 2.05) is 6.92 Å². The van der Waals surface area contributed by atoms with Crippen molar-refractivity contribution in [2.24, 2.45) is 0 Å². The van der Waals surface area contributed by atoms with Crippen LogP contribution in [0.5, 0.6) is 0 Å². The predicted molar refractivity (Wildman–Crippen MR) is 60.9 cm³/mol. The number of aryl methyl sites for hydroxylation is 1. The van der Waals surface area contributed by atoms with Gasteiger partial charge in [-0.05, 0) is 17.9 Å². The quantitative estimate of drug-likeness (QED) is 0.698. The molecule has 1 heterocycles. The summed E-state index contributed by atoms with van der Waals surface area (Å²) in [6.45, 7) is 6.43. The number of hydrogen-bond acceptors (Lipinski definition) is 1. The SMILES string of the molecule is Cc1csc(C(C)(C)CBr)c1Cl. The van der Waals surface area contributed by atoms with Crippen molar-refractivity contribution < 1.29 is 0 Å². The Morgan fingerprint density at radius 2 is 2.17 bits per heavy atom. The monoisotopic (exact) mass is 266 g/mol. The van der Waals surface area contributed by atoms with E-state index in [2.05, 4.69) is 35.2 Å². The minimum Gasteiger partial charge on any atom is -0.146 e. The molecule has 0 N–H and O–H groups in total. The van der Waals surface area contributed by atoms with Crippen LogP contribution < -0.4 is 0 Å². The standard InChI is InChI=1S/C9H12BrClS/c1-6-4-12-8(7(6)11)9(2,3)5-10/h4H,5H2,1-3H3. The summed E-state index contributed by atoms with van der Waals surface area (Å²) in [5, 5.41) is 3.99. The van der Waals surface area contributed by atoms with Gasteiger partial charge in [0.2, 0.25) is 0 Å². The summed E-state index contributed by atoms with van der Waals surface area (Å²) in [6.07, 6.45) is 0. The Bertz CT molecular complexity index is 278. The third-order valence-electron chi connectivity index (χ3n) is 1.85. The Hall–Kier alpha value is 0.470. The molecule has 68 valence electrons. The van der Waals surface area contributed by atoms with Crippen LogP contribution in [0.4, 0.5) is 0 Å². The van der Waals surface area contributed by atoms with Crippen LogP contribution in [0, 0.1) is 6.92 Å². The first-order chi connectivity index (χ1) is 5.49. The van der Waals surface area contributed by atoms with Crippen LogP contribution in [0.3, 0.4) is 0 Å². The first-order valence-corrected chi connectivity index (χ1v) is 6.17. The van der Waals surface area contributed by atoms with Crippen molar-refractivity contribution in [2.75, 3.05) is 5.33 Å². The first kappa shape index (κ1) is 10.6. The van der Waals surface area contributed by atoms with E-state index >= 15 is 0 Å². The van der Waals surface area contributed by atoms with E-state index in [0.717, 1.165) is 10.4 Å². The lowest BCUT2D eigenvalue weighted by Gasteiger charge is -2.20. The first-order valence-electron chi connectivity index (χ1n) is 3.79. The normalized spacial score (nSPS) is 12.1. The maximum atomic E-state index is 6.16. The summed E-state index contributed by atoms with van der Waals surface area (Å²) < 4.78 is 0. The minimum absolute atomic E-state index is 0.149. The van der Waals surface area contributed by atoms with Crippen molar-refractivity contribution in [1.82, 2.24) is 0 Å². The second kappa shape index (κ2) is 3.69. The van der Waals surface area contributed by atoms with Gasteiger partial charge in [-0.3, -0.25) is 0 Å². The molecule has 0 nitrogen and oxygen atoms in total. The van der Waals surface area contributed by atoms with Crippen LogP contribution >= 0.6 is 38.9 Å². The zero-order chi connectivity index (χ0) is 9.35. The Morgan fingerprint density at radius 3 is 2.50 bits per heavy atom. The van der Waals surface area contributed by atoms with E-state index < -0.39 is 0 Å². The van der Waals surface area contributed by atoms with Gasteiger partial charge in [-0.1, -0.05) is 41.4 Å². The highest BCUT2D eigenvalue weighted by molar-refractivity contribution is 9.09. The summed E-state index contributed by atoms with van der Waals surface area (Å²) in [5.74, 6) is 0. The Kier molecular flexibility index (Phi) is 3.24. The topological polar surface area (TPSA) is 0 Å². The minimum atomic E-state index is 0.149. The van der Waals surface area contributed by atoms with Gasteiger partial charge >= 0.3 is 0 Å². The molecule has 0 aliphatic heterocycles. The molecular weight excluding hydrogens is 256 g/mol. The van der Waals surface area contributed by atoms with Crippen LogP contribution in [0.2, 0.25) is 5.02 Å². The van der Waals surface area contributed by atoms with Gasteiger partial charge in [0.1, 0.15) is 0 Å². The molecule has 0 amide bonds. The summed E-state index contributed by atoms with van der Waals surface area (Å²) in [5.41, 5.74) is 1.33. The fourth-order valence-corrected chi connectivity index (χ4v) is 2.99. The Balaban J connectivity index is 3.11. The third kappa shape index (κ3) is 1.86. The van der Waals surface area contributed by atoms with E-state index in [9.17, 15) is 0 Å². The van der Waals surface area contributed by atoms with Crippen LogP contribution in [0.25, 0.3) is 0 Å². The molecule has 1 aromatic rings. The fraction of sp³-hybridized carbons (Fsp3) is 0.556. The smallest absolute Gasteiger partial charge is 0.0580 e. The molecule has 0 bridgehead atoms. The molecule has 0 fully saturated rings. The van der Waals surface area contributed by atoms with Gasteiger partial charge in [0.15, 0.2) is 0 Å². The Labute approximate surface area is 91.1 Å². The van der Waals surface area contributed by atoms with Crippen molar-refractivity contribution in [2.45, 2.75) is 26.2 Å². The molecule has 0 spiro atoms. The van der Waals surface area contributed by atoms with Gasteiger partial charge in [0.25, 0.3) is 0 Å². The maximum Gasteiger partial charge on any atom is 0.0580 e. The molecule has 1 rings (SSSR count). The number of thiophene rings is 1. The van der Waals surface area contributed by atoms with Crippen molar-refractivity contribution in [3.05, 3.63) is 20.8 Å². The highest BCUT2D eigenvalue weighted by Crippen LogP contribution is 2.37. The molecule has 0 aliphatic rings. The zero-order valence-electron chi connectivity index (χ0n) is 7.45. The molecule has 0 aliphatic carbocycles. The van der Waals surface area contributed by atoms with Crippen LogP contribution in [0.15, 0.2) is 5.38 Å². The molecule has 1 aromatic heterocycles. The summed E-state index contributed by atoms with van der Waals surface area (Å²) in [6, 6.07) is 0. The van der Waals surface area contributed by atoms with Crippen molar-refractivity contribution in [1.29, 1.82) is 0 Å². The highest BCUT2D eigenvalue weighted by Gasteiger charge is 2.24. The summed E-state index contributed by atoms with van der Waals surface area (Å²) in [7, 11) is 0. The third-order valence-corrected chi connectivity index (χ3v) is 5.31. The van der Waals surface area contributed by atoms with Crippen LogP contribution in [-0.2, 0) is 5.41 Å². The van der Waals surface area contributed by atoms with Gasteiger partial charge < -0.3 is 0 Å². The highest BCUT2D eigenvalue weighted by atomic mass is 79.9. The van der Waals surface area contributed by atoms with E-state index in [4.69, 9.17) is 11.6 Å². The lowest BCUT2D eigenvalue weighted by atomic mass is 9.94.